The van der Waals surface area contributed by atoms with Crippen LogP contribution in [0, 0.1) is 28.6 Å². The highest BCUT2D eigenvalue weighted by Crippen LogP contribution is 2.71. The highest BCUT2D eigenvalue weighted by molar-refractivity contribution is 6.18. The van der Waals surface area contributed by atoms with Gasteiger partial charge in [-0.25, -0.2) is 0 Å². The van der Waals surface area contributed by atoms with Crippen LogP contribution in [0.5, 0.6) is 0 Å². The number of allylic oxidation sites excluding steroid dienone is 1. The van der Waals surface area contributed by atoms with E-state index in [1.165, 1.54) is 11.3 Å². The molecule has 3 N–H and O–H groups in total. The van der Waals surface area contributed by atoms with Crippen molar-refractivity contribution in [1.29, 1.82) is 0 Å². The van der Waals surface area contributed by atoms with Crippen LogP contribution in [0.15, 0.2) is 36.4 Å². The molecule has 46 heavy (non-hydrogen) atoms. The first-order valence-electron chi connectivity index (χ1n) is 17.5. The Morgan fingerprint density at radius 2 is 1.83 bits per heavy atom. The maximum atomic E-state index is 14.8. The summed E-state index contributed by atoms with van der Waals surface area (Å²) in [5.74, 6) is 0.427. The van der Waals surface area contributed by atoms with Gasteiger partial charge in [-0.2, -0.15) is 0 Å². The van der Waals surface area contributed by atoms with E-state index in [0.29, 0.717) is 17.9 Å². The number of Topliss-reactive ketones (excluding diaryl/α,β-unsaturated/α-hetero) is 1. The average molecular weight is 626 g/mol. The molecule has 1 aromatic heterocycles. The fourth-order valence-electron chi connectivity index (χ4n) is 12.4. The van der Waals surface area contributed by atoms with E-state index in [-0.39, 0.29) is 35.1 Å². The molecule has 8 rings (SSSR count). The first kappa shape index (κ1) is 30.8. The smallest absolute Gasteiger partial charge is 0.192 e. The first-order chi connectivity index (χ1) is 21.4. The van der Waals surface area contributed by atoms with Gasteiger partial charge in [-0.1, -0.05) is 45.1 Å². The topological polar surface area (TPSA) is 91.9 Å². The number of rotatable bonds is 3. The van der Waals surface area contributed by atoms with E-state index in [0.717, 1.165) is 58.9 Å². The number of benzene rings is 1. The second kappa shape index (κ2) is 9.13. The van der Waals surface area contributed by atoms with Crippen LogP contribution in [0.25, 0.3) is 16.5 Å². The molecule has 2 saturated carbocycles. The third-order valence-electron chi connectivity index (χ3n) is 14.2. The number of ether oxygens (including phenoxy) is 1. The third kappa shape index (κ3) is 3.40. The lowest BCUT2D eigenvalue weighted by Gasteiger charge is -2.64. The van der Waals surface area contributed by atoms with Crippen molar-refractivity contribution >= 4 is 22.3 Å². The lowest BCUT2D eigenvalue weighted by Crippen LogP contribution is -2.62. The van der Waals surface area contributed by atoms with Gasteiger partial charge >= 0.3 is 0 Å². The van der Waals surface area contributed by atoms with Crippen LogP contribution < -0.4 is 0 Å². The van der Waals surface area contributed by atoms with Crippen LogP contribution in [0.1, 0.15) is 126 Å². The maximum absolute atomic E-state index is 14.8. The predicted octanol–water partition coefficient (Wildman–Crippen LogP) is 7.14. The molecule has 2 unspecified atom stereocenters. The molecule has 6 aliphatic rings. The SMILES string of the molecule is C=C(C)[C@H]1C(=O)c2c3c(cc4c5c(n1c24)[C@@]1(C)C(CC[C@H]2[C@](C)(/C=C/CO)[C@@H](O)CC[C@@]21C)C5)C1=CC(C)(C)OC(C)(C)C1[C@@H]3O. The Kier molecular flexibility index (Phi) is 6.12. The van der Waals surface area contributed by atoms with Crippen LogP contribution >= 0.6 is 0 Å². The number of fused-ring (bicyclic) bond motifs is 11. The van der Waals surface area contributed by atoms with Crippen molar-refractivity contribution in [3.8, 4) is 0 Å². The van der Waals surface area contributed by atoms with Crippen molar-refractivity contribution in [2.75, 3.05) is 6.61 Å². The number of hydrogen-bond acceptors (Lipinski definition) is 5. The van der Waals surface area contributed by atoms with Gasteiger partial charge in [0.2, 0.25) is 0 Å². The van der Waals surface area contributed by atoms with Crippen LogP contribution in [-0.2, 0) is 16.6 Å². The minimum atomic E-state index is -0.837. The number of aliphatic hydroxyl groups is 3. The van der Waals surface area contributed by atoms with Crippen molar-refractivity contribution < 1.29 is 24.9 Å². The zero-order valence-corrected chi connectivity index (χ0v) is 28.8. The minimum Gasteiger partial charge on any atom is -0.392 e. The van der Waals surface area contributed by atoms with Crippen molar-refractivity contribution in [2.24, 2.45) is 28.6 Å². The number of hydrogen-bond donors (Lipinski definition) is 3. The second-order valence-corrected chi connectivity index (χ2v) is 17.4. The number of aromatic nitrogens is 1. The summed E-state index contributed by atoms with van der Waals surface area (Å²) in [6, 6.07) is 1.80. The lowest BCUT2D eigenvalue weighted by molar-refractivity contribution is -0.145. The van der Waals surface area contributed by atoms with Crippen LogP contribution in [-0.4, -0.2) is 49.6 Å². The molecule has 4 aliphatic carbocycles. The van der Waals surface area contributed by atoms with E-state index >= 15 is 0 Å². The standard InChI is InChI=1S/C40H51NO5/c1-20(2)31-34(45)29-28-22(25-19-36(3,4)46-37(5,6)30(25)33(28)44)18-23-24-17-21-11-12-26-38(7,14-10-16-42)27(43)13-15-39(26,8)40(21,9)35(24)41(31)32(23)29/h10,14,18-19,21,26-27,30-31,33,42-44H,1,11-13,15-17H2,2-9H3/b14-10+/t21?,26-,27-,30?,31-,33+,38-,39-,40+/m0/s1. The van der Waals surface area contributed by atoms with Gasteiger partial charge in [0.25, 0.3) is 0 Å². The molecule has 0 spiro atoms. The fourth-order valence-corrected chi connectivity index (χ4v) is 12.4. The van der Waals surface area contributed by atoms with Crippen LogP contribution in [0.3, 0.4) is 0 Å². The summed E-state index contributed by atoms with van der Waals surface area (Å²) in [6.45, 7) is 21.7. The Labute approximate surface area is 273 Å². The quantitative estimate of drug-likeness (QED) is 0.315. The fraction of sp³-hybridized carbons (Fsp3) is 0.625. The van der Waals surface area contributed by atoms with E-state index in [1.807, 2.05) is 13.0 Å². The molecule has 0 amide bonds. The molecule has 1 aromatic carbocycles. The molecule has 2 fully saturated rings. The Balaban J connectivity index is 1.41. The van der Waals surface area contributed by atoms with Gasteiger partial charge < -0.3 is 24.6 Å². The predicted molar refractivity (Wildman–Crippen MR) is 181 cm³/mol. The van der Waals surface area contributed by atoms with Gasteiger partial charge in [0.1, 0.15) is 6.04 Å². The summed E-state index contributed by atoms with van der Waals surface area (Å²) in [5.41, 5.74) is 6.04. The first-order valence-corrected chi connectivity index (χ1v) is 17.5. The second-order valence-electron chi connectivity index (χ2n) is 17.4. The molecule has 6 heteroatoms. The molecule has 0 radical (unpaired) electrons. The Morgan fingerprint density at radius 1 is 1.11 bits per heavy atom. The number of carbonyl (C=O) groups excluding carboxylic acids is 1. The minimum absolute atomic E-state index is 0.0382. The average Bonchev–Trinajstić information content (AvgIpc) is 3.62. The van der Waals surface area contributed by atoms with Gasteiger partial charge in [0.15, 0.2) is 5.78 Å². The normalized spacial score (nSPS) is 41.3. The zero-order chi connectivity index (χ0) is 33.1. The number of ketones is 1. The number of nitrogens with zero attached hydrogens (tertiary/aromatic N) is 1. The highest BCUT2D eigenvalue weighted by atomic mass is 16.5. The van der Waals surface area contributed by atoms with Gasteiger partial charge in [-0.3, -0.25) is 4.79 Å². The zero-order valence-electron chi connectivity index (χ0n) is 28.8. The summed E-state index contributed by atoms with van der Waals surface area (Å²) in [7, 11) is 0. The summed E-state index contributed by atoms with van der Waals surface area (Å²) in [6.07, 6.45) is 9.41. The molecule has 2 aromatic rings. The molecular weight excluding hydrogens is 574 g/mol. The largest absolute Gasteiger partial charge is 0.392 e. The van der Waals surface area contributed by atoms with Gasteiger partial charge in [0.05, 0.1) is 41.1 Å². The van der Waals surface area contributed by atoms with E-state index in [9.17, 15) is 20.1 Å². The Morgan fingerprint density at radius 3 is 2.50 bits per heavy atom. The number of carbonyl (C=O) groups is 1. The highest BCUT2D eigenvalue weighted by Gasteiger charge is 2.67. The monoisotopic (exact) mass is 625 g/mol. The third-order valence-corrected chi connectivity index (χ3v) is 14.2. The van der Waals surface area contributed by atoms with Gasteiger partial charge in [0, 0.05) is 33.4 Å². The van der Waals surface area contributed by atoms with Crippen molar-refractivity contribution in [1.82, 2.24) is 4.57 Å². The lowest BCUT2D eigenvalue weighted by atomic mass is 9.40. The molecule has 0 saturated heterocycles. The van der Waals surface area contributed by atoms with Crippen molar-refractivity contribution in [3.63, 3.8) is 0 Å². The molecule has 2 aliphatic heterocycles. The van der Waals surface area contributed by atoms with E-state index < -0.39 is 34.9 Å². The molecule has 3 heterocycles. The van der Waals surface area contributed by atoms with Crippen LogP contribution in [0.4, 0.5) is 0 Å². The molecule has 6 nitrogen and oxygen atoms in total. The van der Waals surface area contributed by atoms with E-state index in [2.05, 4.69) is 77.8 Å². The van der Waals surface area contributed by atoms with Crippen molar-refractivity contribution in [2.45, 2.75) is 122 Å². The summed E-state index contributed by atoms with van der Waals surface area (Å²) in [5, 5.41) is 34.4. The number of aliphatic hydroxyl groups excluding tert-OH is 3. The maximum Gasteiger partial charge on any atom is 0.192 e. The molecule has 246 valence electrons. The summed E-state index contributed by atoms with van der Waals surface area (Å²) in [4.78, 5) is 14.8. The molecular formula is C40H51NO5. The van der Waals surface area contributed by atoms with E-state index in [1.54, 1.807) is 0 Å². The Hall–Kier alpha value is -2.51. The van der Waals surface area contributed by atoms with Gasteiger partial charge in [-0.05, 0) is 113 Å². The summed E-state index contributed by atoms with van der Waals surface area (Å²) >= 11 is 0. The van der Waals surface area contributed by atoms with E-state index in [4.69, 9.17) is 4.74 Å². The van der Waals surface area contributed by atoms with Gasteiger partial charge in [-0.15, -0.1) is 0 Å². The summed E-state index contributed by atoms with van der Waals surface area (Å²) < 4.78 is 8.87. The Bertz CT molecular complexity index is 1810. The van der Waals surface area contributed by atoms with Crippen molar-refractivity contribution in [3.05, 3.63) is 64.4 Å². The molecule has 9 atom stereocenters. The van der Waals surface area contributed by atoms with Crippen LogP contribution in [0.2, 0.25) is 0 Å². The molecule has 0 bridgehead atoms.